The van der Waals surface area contributed by atoms with Crippen LogP contribution in [0.25, 0.3) is 0 Å². The van der Waals surface area contributed by atoms with E-state index in [2.05, 4.69) is 26.5 Å². The van der Waals surface area contributed by atoms with Crippen molar-refractivity contribution < 1.29 is 19.1 Å². The Bertz CT molecular complexity index is 433. The van der Waals surface area contributed by atoms with Gasteiger partial charge < -0.3 is 9.47 Å². The largest absolute Gasteiger partial charge is 0.462 e. The fourth-order valence-corrected chi connectivity index (χ4v) is 5.15. The van der Waals surface area contributed by atoms with Crippen LogP contribution in [0.3, 0.4) is 0 Å². The minimum atomic E-state index is -0.108. The van der Waals surface area contributed by atoms with Gasteiger partial charge >= 0.3 is 11.9 Å². The molecule has 0 bridgehead atoms. The van der Waals surface area contributed by atoms with Crippen molar-refractivity contribution in [3.05, 3.63) is 0 Å². The van der Waals surface area contributed by atoms with E-state index in [1.807, 2.05) is 6.92 Å². The lowest BCUT2D eigenvalue weighted by molar-refractivity contribution is -0.151. The van der Waals surface area contributed by atoms with E-state index >= 15 is 0 Å². The number of thiol groups is 1. The highest BCUT2D eigenvalue weighted by Crippen LogP contribution is 2.48. The van der Waals surface area contributed by atoms with Crippen molar-refractivity contribution in [2.24, 2.45) is 17.3 Å². The Balaban J connectivity index is 1.77. The molecule has 2 aliphatic carbocycles. The lowest BCUT2D eigenvalue weighted by Crippen LogP contribution is -2.39. The lowest BCUT2D eigenvalue weighted by atomic mass is 9.60. The second-order valence-electron chi connectivity index (χ2n) is 8.97. The summed E-state index contributed by atoms with van der Waals surface area (Å²) in [5, 5.41) is 0. The quantitative estimate of drug-likeness (QED) is 0.443. The molecule has 5 heteroatoms. The van der Waals surface area contributed by atoms with E-state index in [0.717, 1.165) is 57.8 Å². The van der Waals surface area contributed by atoms with Crippen LogP contribution in [0.5, 0.6) is 0 Å². The molecular formula is C22H38O4S. The molecule has 27 heavy (non-hydrogen) atoms. The van der Waals surface area contributed by atoms with E-state index in [0.29, 0.717) is 35.8 Å². The molecule has 0 spiro atoms. The van der Waals surface area contributed by atoms with Crippen LogP contribution in [0.4, 0.5) is 0 Å². The molecule has 0 radical (unpaired) electrons. The Morgan fingerprint density at radius 3 is 1.59 bits per heavy atom. The summed E-state index contributed by atoms with van der Waals surface area (Å²) in [4.78, 5) is 23.4. The van der Waals surface area contributed by atoms with Crippen molar-refractivity contribution in [1.82, 2.24) is 0 Å². The SMILES string of the molecule is CCCC(=O)OC1CCC(C(C)(C)C2CCC(OC(=O)CCS)CC2)CC1. The second-order valence-corrected chi connectivity index (χ2v) is 9.42. The summed E-state index contributed by atoms with van der Waals surface area (Å²) < 4.78 is 11.2. The molecule has 0 aromatic rings. The Morgan fingerprint density at radius 2 is 1.22 bits per heavy atom. The van der Waals surface area contributed by atoms with Gasteiger partial charge in [0.25, 0.3) is 0 Å². The normalized spacial score (nSPS) is 29.2. The summed E-state index contributed by atoms with van der Waals surface area (Å²) in [7, 11) is 0. The molecule has 0 aromatic heterocycles. The molecule has 2 rings (SSSR count). The molecule has 0 aliphatic heterocycles. The van der Waals surface area contributed by atoms with Crippen LogP contribution in [0.15, 0.2) is 0 Å². The van der Waals surface area contributed by atoms with Gasteiger partial charge in [0, 0.05) is 12.2 Å². The van der Waals surface area contributed by atoms with Crippen molar-refractivity contribution in [2.75, 3.05) is 5.75 Å². The standard InChI is InChI=1S/C22H38O4S/c1-4-5-20(23)25-18-10-6-16(7-11-18)22(2,3)17-8-12-19(13-9-17)26-21(24)14-15-27/h16-19,27H,4-15H2,1-3H3. The predicted molar refractivity (Wildman–Crippen MR) is 111 cm³/mol. The summed E-state index contributed by atoms with van der Waals surface area (Å²) in [6.45, 7) is 6.84. The molecule has 0 saturated heterocycles. The van der Waals surface area contributed by atoms with E-state index in [1.54, 1.807) is 0 Å². The first-order chi connectivity index (χ1) is 12.9. The van der Waals surface area contributed by atoms with E-state index in [1.165, 1.54) is 0 Å². The van der Waals surface area contributed by atoms with Crippen LogP contribution in [-0.4, -0.2) is 29.9 Å². The fraction of sp³-hybridized carbons (Fsp3) is 0.909. The molecule has 0 unspecified atom stereocenters. The van der Waals surface area contributed by atoms with Crippen LogP contribution in [0.1, 0.15) is 91.4 Å². The molecule has 2 saturated carbocycles. The van der Waals surface area contributed by atoms with Crippen LogP contribution >= 0.6 is 12.6 Å². The van der Waals surface area contributed by atoms with E-state index in [4.69, 9.17) is 9.47 Å². The Morgan fingerprint density at radius 1 is 0.815 bits per heavy atom. The number of ether oxygens (including phenoxy) is 2. The number of hydrogen-bond donors (Lipinski definition) is 1. The lowest BCUT2D eigenvalue weighted by Gasteiger charge is -2.46. The summed E-state index contributed by atoms with van der Waals surface area (Å²) in [6, 6.07) is 0. The smallest absolute Gasteiger partial charge is 0.306 e. The van der Waals surface area contributed by atoms with Gasteiger partial charge in [-0.3, -0.25) is 9.59 Å². The van der Waals surface area contributed by atoms with Gasteiger partial charge in [-0.05, 0) is 75.0 Å². The molecule has 4 nitrogen and oxygen atoms in total. The van der Waals surface area contributed by atoms with Crippen molar-refractivity contribution in [3.63, 3.8) is 0 Å². The fourth-order valence-electron chi connectivity index (χ4n) is 4.97. The van der Waals surface area contributed by atoms with Crippen LogP contribution < -0.4 is 0 Å². The average molecular weight is 399 g/mol. The summed E-state index contributed by atoms with van der Waals surface area (Å²) in [5.74, 6) is 1.78. The number of carbonyl (C=O) groups excluding carboxylic acids is 2. The molecule has 156 valence electrons. The summed E-state index contributed by atoms with van der Waals surface area (Å²) >= 11 is 4.09. The Hall–Kier alpha value is -0.710. The summed E-state index contributed by atoms with van der Waals surface area (Å²) in [6.07, 6.45) is 10.5. The highest BCUT2D eigenvalue weighted by Gasteiger charge is 2.41. The first-order valence-corrected chi connectivity index (χ1v) is 11.5. The molecule has 0 aromatic carbocycles. The first-order valence-electron chi connectivity index (χ1n) is 10.9. The maximum Gasteiger partial charge on any atom is 0.306 e. The predicted octanol–water partition coefficient (Wildman–Crippen LogP) is 5.34. The van der Waals surface area contributed by atoms with Crippen molar-refractivity contribution in [3.8, 4) is 0 Å². The van der Waals surface area contributed by atoms with Gasteiger partial charge in [-0.25, -0.2) is 0 Å². The molecule has 0 N–H and O–H groups in total. The summed E-state index contributed by atoms with van der Waals surface area (Å²) in [5.41, 5.74) is 0.290. The van der Waals surface area contributed by atoms with Gasteiger partial charge in [-0.1, -0.05) is 20.8 Å². The number of rotatable bonds is 8. The second kappa shape index (κ2) is 10.7. The zero-order chi connectivity index (χ0) is 19.9. The molecule has 0 heterocycles. The van der Waals surface area contributed by atoms with Crippen LogP contribution in [-0.2, 0) is 19.1 Å². The average Bonchev–Trinajstić information content (AvgIpc) is 2.63. The zero-order valence-electron chi connectivity index (χ0n) is 17.4. The highest BCUT2D eigenvalue weighted by atomic mass is 32.1. The zero-order valence-corrected chi connectivity index (χ0v) is 18.3. The molecule has 2 aliphatic rings. The minimum absolute atomic E-state index is 0.0361. The van der Waals surface area contributed by atoms with Crippen LogP contribution in [0.2, 0.25) is 0 Å². The molecule has 2 fully saturated rings. The van der Waals surface area contributed by atoms with Gasteiger partial charge in [-0.15, -0.1) is 0 Å². The van der Waals surface area contributed by atoms with E-state index < -0.39 is 0 Å². The van der Waals surface area contributed by atoms with Gasteiger partial charge in [0.2, 0.25) is 0 Å². The maximum atomic E-state index is 11.7. The van der Waals surface area contributed by atoms with Crippen molar-refractivity contribution in [2.45, 2.75) is 104 Å². The van der Waals surface area contributed by atoms with Gasteiger partial charge in [0.05, 0.1) is 6.42 Å². The third kappa shape index (κ3) is 6.69. The first kappa shape index (κ1) is 22.6. The third-order valence-corrected chi connectivity index (χ3v) is 7.04. The molecule has 0 atom stereocenters. The minimum Gasteiger partial charge on any atom is -0.462 e. The van der Waals surface area contributed by atoms with Crippen molar-refractivity contribution >= 4 is 24.6 Å². The molecule has 0 amide bonds. The Kier molecular flexibility index (Phi) is 8.97. The van der Waals surface area contributed by atoms with Crippen LogP contribution in [0, 0.1) is 17.3 Å². The Labute approximate surface area is 170 Å². The van der Waals surface area contributed by atoms with E-state index in [9.17, 15) is 9.59 Å². The number of hydrogen-bond acceptors (Lipinski definition) is 5. The van der Waals surface area contributed by atoms with Crippen molar-refractivity contribution in [1.29, 1.82) is 0 Å². The van der Waals surface area contributed by atoms with Gasteiger partial charge in [-0.2, -0.15) is 12.6 Å². The molecular weight excluding hydrogens is 360 g/mol. The highest BCUT2D eigenvalue weighted by molar-refractivity contribution is 7.80. The maximum absolute atomic E-state index is 11.7. The topological polar surface area (TPSA) is 52.6 Å². The third-order valence-electron chi connectivity index (χ3n) is 6.82. The number of esters is 2. The van der Waals surface area contributed by atoms with E-state index in [-0.39, 0.29) is 24.1 Å². The monoisotopic (exact) mass is 398 g/mol. The van der Waals surface area contributed by atoms with Gasteiger partial charge in [0.1, 0.15) is 12.2 Å². The number of carbonyl (C=O) groups is 2. The van der Waals surface area contributed by atoms with Gasteiger partial charge in [0.15, 0.2) is 0 Å².